The largest absolute Gasteiger partial charge is 0.493 e. The second kappa shape index (κ2) is 7.54. The highest BCUT2D eigenvalue weighted by Crippen LogP contribution is 2.39. The number of carbonyl (C=O) groups is 1. The molecule has 2 aromatic carbocycles. The van der Waals surface area contributed by atoms with Crippen molar-refractivity contribution in [3.05, 3.63) is 58.6 Å². The third kappa shape index (κ3) is 3.69. The molecule has 1 saturated carbocycles. The van der Waals surface area contributed by atoms with Gasteiger partial charge in [-0.3, -0.25) is 4.79 Å². The van der Waals surface area contributed by atoms with E-state index >= 15 is 0 Å². The van der Waals surface area contributed by atoms with Crippen LogP contribution in [0.3, 0.4) is 0 Å². The van der Waals surface area contributed by atoms with Crippen molar-refractivity contribution in [1.29, 1.82) is 0 Å². The Morgan fingerprint density at radius 2 is 1.97 bits per heavy atom. The number of aliphatic hydroxyl groups is 1. The number of fused-ring (bicyclic) bond motifs is 2. The van der Waals surface area contributed by atoms with Crippen LogP contribution in [0.5, 0.6) is 11.5 Å². The summed E-state index contributed by atoms with van der Waals surface area (Å²) in [6.45, 7) is 2.09. The number of halogens is 1. The number of hydrogen-bond donors (Lipinski definition) is 1. The predicted molar refractivity (Wildman–Crippen MR) is 110 cm³/mol. The number of carbonyl (C=O) groups excluding carboxylic acids is 1. The lowest BCUT2D eigenvalue weighted by Gasteiger charge is -2.35. The summed E-state index contributed by atoms with van der Waals surface area (Å²) in [5.74, 6) is 2.28. The quantitative estimate of drug-likeness (QED) is 0.835. The molecule has 152 valence electrons. The van der Waals surface area contributed by atoms with Gasteiger partial charge >= 0.3 is 0 Å². The van der Waals surface area contributed by atoms with Gasteiger partial charge in [0.15, 0.2) is 0 Å². The summed E-state index contributed by atoms with van der Waals surface area (Å²) in [7, 11) is 0. The molecule has 1 amide bonds. The van der Waals surface area contributed by atoms with Gasteiger partial charge in [0, 0.05) is 30.1 Å². The van der Waals surface area contributed by atoms with E-state index in [4.69, 9.17) is 21.1 Å². The minimum absolute atomic E-state index is 0.0656. The zero-order valence-electron chi connectivity index (χ0n) is 16.1. The van der Waals surface area contributed by atoms with E-state index in [0.717, 1.165) is 29.7 Å². The van der Waals surface area contributed by atoms with Crippen LogP contribution in [-0.2, 0) is 6.42 Å². The monoisotopic (exact) mass is 413 g/mol. The van der Waals surface area contributed by atoms with Gasteiger partial charge in [-0.2, -0.15) is 0 Å². The van der Waals surface area contributed by atoms with Crippen molar-refractivity contribution in [3.63, 3.8) is 0 Å². The van der Waals surface area contributed by atoms with E-state index in [1.54, 1.807) is 12.1 Å². The molecule has 0 unspecified atom stereocenters. The van der Waals surface area contributed by atoms with Crippen LogP contribution < -0.4 is 9.47 Å². The van der Waals surface area contributed by atoms with Crippen molar-refractivity contribution < 1.29 is 19.4 Å². The van der Waals surface area contributed by atoms with Crippen molar-refractivity contribution in [2.45, 2.75) is 31.5 Å². The third-order valence-electron chi connectivity index (χ3n) is 6.39. The fraction of sp³-hybridized carbons (Fsp3) is 0.435. The number of aliphatic hydroxyl groups excluding tert-OH is 1. The molecule has 1 N–H and O–H groups in total. The summed E-state index contributed by atoms with van der Waals surface area (Å²) in [5.41, 5.74) is 1.83. The molecule has 2 aliphatic heterocycles. The first-order valence-electron chi connectivity index (χ1n) is 10.2. The van der Waals surface area contributed by atoms with E-state index in [9.17, 15) is 9.90 Å². The molecule has 5 rings (SSSR count). The van der Waals surface area contributed by atoms with Crippen molar-refractivity contribution in [2.75, 3.05) is 19.7 Å². The Morgan fingerprint density at radius 1 is 1.14 bits per heavy atom. The van der Waals surface area contributed by atoms with Gasteiger partial charge in [0.1, 0.15) is 17.6 Å². The van der Waals surface area contributed by atoms with E-state index < -0.39 is 6.10 Å². The lowest BCUT2D eigenvalue weighted by Crippen LogP contribution is -2.42. The number of likely N-dealkylation sites (tertiary alicyclic amines) is 1. The van der Waals surface area contributed by atoms with Gasteiger partial charge in [-0.15, -0.1) is 0 Å². The normalized spacial score (nSPS) is 27.9. The van der Waals surface area contributed by atoms with Gasteiger partial charge < -0.3 is 19.5 Å². The summed E-state index contributed by atoms with van der Waals surface area (Å²) in [4.78, 5) is 15.0. The highest BCUT2D eigenvalue weighted by Gasteiger charge is 2.44. The van der Waals surface area contributed by atoms with Crippen LogP contribution in [0.1, 0.15) is 28.8 Å². The van der Waals surface area contributed by atoms with Crippen LogP contribution in [0.2, 0.25) is 5.02 Å². The van der Waals surface area contributed by atoms with Gasteiger partial charge in [-0.05, 0) is 66.6 Å². The van der Waals surface area contributed by atoms with Gasteiger partial charge in [0.2, 0.25) is 0 Å². The lowest BCUT2D eigenvalue weighted by atomic mass is 9.78. The maximum atomic E-state index is 13.1. The number of benzene rings is 2. The van der Waals surface area contributed by atoms with Gasteiger partial charge in [-0.1, -0.05) is 17.7 Å². The summed E-state index contributed by atoms with van der Waals surface area (Å²) in [6.07, 6.45) is 1.43. The predicted octanol–water partition coefficient (Wildman–Crippen LogP) is 3.57. The number of nitrogens with zero attached hydrogens (tertiary/aromatic N) is 1. The second-order valence-corrected chi connectivity index (χ2v) is 8.74. The van der Waals surface area contributed by atoms with Crippen LogP contribution in [0.15, 0.2) is 42.5 Å². The Kier molecular flexibility index (Phi) is 4.88. The Bertz CT molecular complexity index is 933. The molecule has 0 radical (unpaired) electrons. The van der Waals surface area contributed by atoms with Crippen LogP contribution in [0.25, 0.3) is 0 Å². The van der Waals surface area contributed by atoms with E-state index in [-0.39, 0.29) is 12.0 Å². The van der Waals surface area contributed by atoms with Crippen LogP contribution in [-0.4, -0.2) is 47.8 Å². The van der Waals surface area contributed by atoms with Crippen LogP contribution in [0.4, 0.5) is 0 Å². The fourth-order valence-corrected chi connectivity index (χ4v) is 5.08. The molecule has 0 spiro atoms. The van der Waals surface area contributed by atoms with Crippen LogP contribution >= 0.6 is 11.6 Å². The first kappa shape index (κ1) is 18.8. The first-order valence-corrected chi connectivity index (χ1v) is 10.6. The first-order chi connectivity index (χ1) is 14.1. The summed E-state index contributed by atoms with van der Waals surface area (Å²) in [6, 6.07) is 13.0. The number of amides is 1. The second-order valence-electron chi connectivity index (χ2n) is 8.30. The van der Waals surface area contributed by atoms with Gasteiger partial charge in [-0.25, -0.2) is 0 Å². The number of rotatable bonds is 3. The molecule has 1 aliphatic carbocycles. The third-order valence-corrected chi connectivity index (χ3v) is 6.63. The molecule has 29 heavy (non-hydrogen) atoms. The molecule has 4 atom stereocenters. The van der Waals surface area contributed by atoms with E-state index in [2.05, 4.69) is 0 Å². The van der Waals surface area contributed by atoms with Crippen molar-refractivity contribution in [1.82, 2.24) is 4.90 Å². The average molecular weight is 414 g/mol. The molecule has 2 fully saturated rings. The molecule has 5 nitrogen and oxygen atoms in total. The molecule has 1 saturated heterocycles. The summed E-state index contributed by atoms with van der Waals surface area (Å²) in [5, 5.41) is 11.2. The Morgan fingerprint density at radius 3 is 2.79 bits per heavy atom. The molecular formula is C23H24ClNO4. The summed E-state index contributed by atoms with van der Waals surface area (Å²) < 4.78 is 11.6. The fourth-order valence-electron chi connectivity index (χ4n) is 4.90. The minimum atomic E-state index is -0.539. The maximum Gasteiger partial charge on any atom is 0.253 e. The highest BCUT2D eigenvalue weighted by molar-refractivity contribution is 6.30. The van der Waals surface area contributed by atoms with E-state index in [1.807, 2.05) is 35.2 Å². The highest BCUT2D eigenvalue weighted by atomic mass is 35.5. The molecule has 0 bridgehead atoms. The average Bonchev–Trinajstić information content (AvgIpc) is 3.33. The molecule has 2 heterocycles. The Hall–Kier alpha value is -2.24. The lowest BCUT2D eigenvalue weighted by molar-refractivity contribution is -0.0231. The molecule has 0 aromatic heterocycles. The molecular weight excluding hydrogens is 390 g/mol. The van der Waals surface area contributed by atoms with Crippen molar-refractivity contribution in [2.24, 2.45) is 11.8 Å². The minimum Gasteiger partial charge on any atom is -0.493 e. The topological polar surface area (TPSA) is 59.0 Å². The standard InChI is InChI=1S/C23H24ClNO4/c24-18-2-1-3-19(11-18)29-22-10-17-13-25(12-16(17)9-20(22)26)23(27)15-4-5-21-14(8-15)6-7-28-21/h1-5,8,11,16-17,20,22,26H,6-7,9-10,12-13H2/t16-,17+,20+,22+/m0/s1. The van der Waals surface area contributed by atoms with Crippen LogP contribution in [0, 0.1) is 11.8 Å². The molecule has 6 heteroatoms. The van der Waals surface area contributed by atoms with E-state index in [1.165, 1.54) is 0 Å². The molecule has 3 aliphatic rings. The SMILES string of the molecule is O=C(c1ccc2c(c1)CCO2)N1C[C@H]2C[C@@H](Oc3cccc(Cl)c3)[C@H](O)C[C@H]2C1. The maximum absolute atomic E-state index is 13.1. The Labute approximate surface area is 175 Å². The molecule has 2 aromatic rings. The van der Waals surface area contributed by atoms with Gasteiger partial charge in [0.05, 0.1) is 12.7 Å². The van der Waals surface area contributed by atoms with Gasteiger partial charge in [0.25, 0.3) is 5.91 Å². The number of hydrogen-bond acceptors (Lipinski definition) is 4. The number of ether oxygens (including phenoxy) is 2. The zero-order valence-corrected chi connectivity index (χ0v) is 16.8. The van der Waals surface area contributed by atoms with Crippen molar-refractivity contribution in [3.8, 4) is 11.5 Å². The smallest absolute Gasteiger partial charge is 0.253 e. The summed E-state index contributed by atoms with van der Waals surface area (Å²) >= 11 is 6.04. The van der Waals surface area contributed by atoms with E-state index in [0.29, 0.717) is 48.7 Å². The Balaban J connectivity index is 1.26. The van der Waals surface area contributed by atoms with Crippen molar-refractivity contribution >= 4 is 17.5 Å². The zero-order chi connectivity index (χ0) is 20.0.